The first-order valence-corrected chi connectivity index (χ1v) is 16.3. The fourth-order valence-corrected chi connectivity index (χ4v) is 8.31. The van der Waals surface area contributed by atoms with Gasteiger partial charge in [-0.25, -0.2) is 14.8 Å². The van der Waals surface area contributed by atoms with Crippen LogP contribution in [0.15, 0.2) is 6.33 Å². The van der Waals surface area contributed by atoms with Crippen LogP contribution in [0.2, 0.25) is 0 Å². The SMILES string of the molecule is CCCCC1CN(CC2COC3OCCC23)C(=O)OC12CCN(C1(C)CCN(C(=O)c3c(C)ncnc3C)CC1)CC2. The minimum atomic E-state index is -0.375. The first-order valence-electron chi connectivity index (χ1n) is 16.3. The number of likely N-dealkylation sites (tertiary alicyclic amines) is 2. The summed E-state index contributed by atoms with van der Waals surface area (Å²) in [7, 11) is 0. The van der Waals surface area contributed by atoms with E-state index in [9.17, 15) is 9.59 Å². The molecule has 1 aromatic heterocycles. The van der Waals surface area contributed by atoms with Crippen LogP contribution in [0.3, 0.4) is 0 Å². The lowest BCUT2D eigenvalue weighted by Crippen LogP contribution is -2.64. The number of hydrogen-bond acceptors (Lipinski definition) is 8. The van der Waals surface area contributed by atoms with Gasteiger partial charge in [0.25, 0.3) is 5.91 Å². The van der Waals surface area contributed by atoms with E-state index in [1.165, 1.54) is 6.33 Å². The van der Waals surface area contributed by atoms with Crippen LogP contribution in [0.5, 0.6) is 0 Å². The Morgan fingerprint density at radius 1 is 1.05 bits per heavy atom. The molecule has 0 radical (unpaired) electrons. The van der Waals surface area contributed by atoms with E-state index in [1.54, 1.807) is 0 Å². The molecule has 5 aliphatic rings. The summed E-state index contributed by atoms with van der Waals surface area (Å²) in [5.74, 6) is 1.11. The first-order chi connectivity index (χ1) is 20.2. The summed E-state index contributed by atoms with van der Waals surface area (Å²) in [6, 6.07) is 0. The lowest BCUT2D eigenvalue weighted by Gasteiger charge is -2.55. The van der Waals surface area contributed by atoms with Gasteiger partial charge in [-0.15, -0.1) is 0 Å². The zero-order valence-electron chi connectivity index (χ0n) is 26.0. The van der Waals surface area contributed by atoms with Gasteiger partial charge in [0.1, 0.15) is 11.9 Å². The van der Waals surface area contributed by atoms with E-state index < -0.39 is 0 Å². The third-order valence-electron chi connectivity index (χ3n) is 11.2. The van der Waals surface area contributed by atoms with Crippen molar-refractivity contribution in [3.63, 3.8) is 0 Å². The van der Waals surface area contributed by atoms with Crippen LogP contribution in [0, 0.1) is 31.6 Å². The molecule has 0 N–H and O–H groups in total. The maximum absolute atomic E-state index is 13.4. The summed E-state index contributed by atoms with van der Waals surface area (Å²) in [6.07, 6.45) is 9.31. The standard InChI is InChI=1S/C32H49N5O5/c1-5-6-7-25-19-36(18-24-20-41-29-26(24)8-17-40-29)30(39)42-32(25)11-15-37(16-12-32)31(4)9-13-35(14-10-31)28(38)27-22(2)33-21-34-23(27)3/h21,24-26,29H,5-20H2,1-4H3. The summed E-state index contributed by atoms with van der Waals surface area (Å²) < 4.78 is 18.1. The Labute approximate surface area is 250 Å². The molecule has 6 heterocycles. The van der Waals surface area contributed by atoms with Crippen molar-refractivity contribution in [1.29, 1.82) is 0 Å². The van der Waals surface area contributed by atoms with Gasteiger partial charge < -0.3 is 24.0 Å². The van der Waals surface area contributed by atoms with Crippen LogP contribution in [0.4, 0.5) is 4.79 Å². The zero-order chi connectivity index (χ0) is 29.5. The molecule has 4 atom stereocenters. The van der Waals surface area contributed by atoms with Gasteiger partial charge in [0, 0.05) is 75.4 Å². The molecule has 5 saturated heterocycles. The summed E-state index contributed by atoms with van der Waals surface area (Å²) in [5, 5.41) is 0. The number of ether oxygens (including phenoxy) is 3. The summed E-state index contributed by atoms with van der Waals surface area (Å²) in [6.45, 7) is 14.6. The molecule has 5 aliphatic heterocycles. The predicted molar refractivity (Wildman–Crippen MR) is 157 cm³/mol. The molecule has 10 heteroatoms. The van der Waals surface area contributed by atoms with Crippen LogP contribution in [-0.2, 0) is 14.2 Å². The number of piperidine rings is 2. The van der Waals surface area contributed by atoms with Crippen molar-refractivity contribution in [2.45, 2.75) is 96.5 Å². The van der Waals surface area contributed by atoms with E-state index in [0.29, 0.717) is 36.5 Å². The Morgan fingerprint density at radius 2 is 1.76 bits per heavy atom. The van der Waals surface area contributed by atoms with Gasteiger partial charge >= 0.3 is 6.09 Å². The lowest BCUT2D eigenvalue weighted by molar-refractivity contribution is -0.134. The molecule has 5 fully saturated rings. The Bertz CT molecular complexity index is 1130. The minimum Gasteiger partial charge on any atom is -0.442 e. The van der Waals surface area contributed by atoms with Crippen LogP contribution in [0.1, 0.15) is 87.0 Å². The van der Waals surface area contributed by atoms with E-state index in [-0.39, 0.29) is 29.4 Å². The largest absolute Gasteiger partial charge is 0.442 e. The first kappa shape index (κ1) is 29.8. The second kappa shape index (κ2) is 12.0. The molecular formula is C32H49N5O5. The molecule has 1 aromatic rings. The smallest absolute Gasteiger partial charge is 0.410 e. The summed E-state index contributed by atoms with van der Waals surface area (Å²) in [4.78, 5) is 41.9. The Kier molecular flexibility index (Phi) is 8.50. The summed E-state index contributed by atoms with van der Waals surface area (Å²) >= 11 is 0. The number of amides is 2. The predicted octanol–water partition coefficient (Wildman–Crippen LogP) is 4.19. The Balaban J connectivity index is 1.07. The molecule has 0 aliphatic carbocycles. The molecule has 2 amide bonds. The quantitative estimate of drug-likeness (QED) is 0.472. The fraction of sp³-hybridized carbons (Fsp3) is 0.812. The average molecular weight is 584 g/mol. The molecule has 0 saturated carbocycles. The van der Waals surface area contributed by atoms with E-state index in [2.05, 4.69) is 28.7 Å². The number of aryl methyl sites for hydroxylation is 2. The normalized spacial score (nSPS) is 30.9. The van der Waals surface area contributed by atoms with Crippen molar-refractivity contribution in [3.05, 3.63) is 23.3 Å². The minimum absolute atomic E-state index is 0.0294. The average Bonchev–Trinajstić information content (AvgIpc) is 3.59. The van der Waals surface area contributed by atoms with Crippen LogP contribution in [-0.4, -0.2) is 107 Å². The summed E-state index contributed by atoms with van der Waals surface area (Å²) in [5.41, 5.74) is 1.79. The number of rotatable bonds is 7. The van der Waals surface area contributed by atoms with Gasteiger partial charge in [-0.1, -0.05) is 19.8 Å². The zero-order valence-corrected chi connectivity index (χ0v) is 26.0. The van der Waals surface area contributed by atoms with Crippen molar-refractivity contribution in [1.82, 2.24) is 24.7 Å². The molecule has 4 unspecified atom stereocenters. The number of carbonyl (C=O) groups is 2. The lowest BCUT2D eigenvalue weighted by atomic mass is 9.74. The highest BCUT2D eigenvalue weighted by Gasteiger charge is 2.52. The fourth-order valence-electron chi connectivity index (χ4n) is 8.31. The van der Waals surface area contributed by atoms with Gasteiger partial charge in [0.15, 0.2) is 6.29 Å². The number of nitrogens with zero attached hydrogens (tertiary/aromatic N) is 5. The Morgan fingerprint density at radius 3 is 2.45 bits per heavy atom. The highest BCUT2D eigenvalue weighted by Crippen LogP contribution is 2.44. The van der Waals surface area contributed by atoms with Crippen molar-refractivity contribution in [2.75, 3.05) is 52.5 Å². The van der Waals surface area contributed by atoms with Gasteiger partial charge in [0.2, 0.25) is 0 Å². The number of aromatic nitrogens is 2. The van der Waals surface area contributed by atoms with Crippen molar-refractivity contribution in [2.24, 2.45) is 17.8 Å². The highest BCUT2D eigenvalue weighted by atomic mass is 16.7. The Hall–Kier alpha value is -2.30. The second-order valence-electron chi connectivity index (χ2n) is 13.7. The third kappa shape index (κ3) is 5.54. The van der Waals surface area contributed by atoms with Gasteiger partial charge in [-0.3, -0.25) is 9.69 Å². The monoisotopic (exact) mass is 583 g/mol. The van der Waals surface area contributed by atoms with Crippen molar-refractivity contribution >= 4 is 12.0 Å². The van der Waals surface area contributed by atoms with Crippen molar-refractivity contribution < 1.29 is 23.8 Å². The molecule has 10 nitrogen and oxygen atoms in total. The second-order valence-corrected chi connectivity index (χ2v) is 13.7. The van der Waals surface area contributed by atoms with E-state index in [4.69, 9.17) is 14.2 Å². The molecule has 42 heavy (non-hydrogen) atoms. The maximum Gasteiger partial charge on any atom is 0.410 e. The van der Waals surface area contributed by atoms with E-state index in [0.717, 1.165) is 102 Å². The molecule has 0 aromatic carbocycles. The number of unbranched alkanes of at least 4 members (excludes halogenated alkanes) is 1. The number of hydrogen-bond donors (Lipinski definition) is 0. The number of fused-ring (bicyclic) bond motifs is 1. The third-order valence-corrected chi connectivity index (χ3v) is 11.2. The highest BCUT2D eigenvalue weighted by molar-refractivity contribution is 5.96. The van der Waals surface area contributed by atoms with Crippen LogP contribution in [0.25, 0.3) is 0 Å². The van der Waals surface area contributed by atoms with E-state index in [1.807, 2.05) is 23.6 Å². The van der Waals surface area contributed by atoms with Crippen molar-refractivity contribution in [3.8, 4) is 0 Å². The molecule has 6 rings (SSSR count). The van der Waals surface area contributed by atoms with E-state index >= 15 is 0 Å². The number of carbonyl (C=O) groups excluding carboxylic acids is 2. The molecule has 232 valence electrons. The molecule has 1 spiro atoms. The van der Waals surface area contributed by atoms with Gasteiger partial charge in [0.05, 0.1) is 30.2 Å². The maximum atomic E-state index is 13.4. The molecular weight excluding hydrogens is 534 g/mol. The van der Waals surface area contributed by atoms with Crippen LogP contribution >= 0.6 is 0 Å². The van der Waals surface area contributed by atoms with Crippen LogP contribution < -0.4 is 0 Å². The molecule has 0 bridgehead atoms. The topological polar surface area (TPSA) is 97.3 Å². The van der Waals surface area contributed by atoms with Gasteiger partial charge in [-0.2, -0.15) is 0 Å². The van der Waals surface area contributed by atoms with Gasteiger partial charge in [-0.05, 0) is 46.5 Å².